The fraction of sp³-hybridized carbons (Fsp3) is 0.667. The molecule has 0 aliphatic heterocycles. The van der Waals surface area contributed by atoms with E-state index in [2.05, 4.69) is 0 Å². The van der Waals surface area contributed by atoms with Gasteiger partial charge in [0.25, 0.3) is 0 Å². The van der Waals surface area contributed by atoms with Gasteiger partial charge in [-0.3, -0.25) is 0 Å². The highest BCUT2D eigenvalue weighted by Crippen LogP contribution is 2.35. The van der Waals surface area contributed by atoms with Gasteiger partial charge < -0.3 is 15.3 Å². The van der Waals surface area contributed by atoms with Crippen LogP contribution in [-0.2, 0) is 16.8 Å². The van der Waals surface area contributed by atoms with Crippen molar-refractivity contribution in [2.24, 2.45) is 0 Å². The Balaban J connectivity index is 3.55. The molecule has 1 rings (SSSR count). The zero-order valence-electron chi connectivity index (χ0n) is 14.2. The van der Waals surface area contributed by atoms with E-state index in [1.165, 1.54) is 0 Å². The van der Waals surface area contributed by atoms with Gasteiger partial charge in [-0.15, -0.1) is 0 Å². The Labute approximate surface area is 128 Å². The largest absolute Gasteiger partial charge is 0.385 e. The third kappa shape index (κ3) is 3.85. The molecular weight excluding hydrogens is 264 g/mol. The van der Waals surface area contributed by atoms with Crippen molar-refractivity contribution in [3.63, 3.8) is 0 Å². The van der Waals surface area contributed by atoms with E-state index in [0.29, 0.717) is 19.3 Å². The summed E-state index contributed by atoms with van der Waals surface area (Å²) in [6, 6.07) is 5.55. The first-order valence-electron chi connectivity index (χ1n) is 7.83. The number of rotatable bonds is 6. The van der Waals surface area contributed by atoms with Crippen LogP contribution in [0.3, 0.4) is 0 Å². The third-order valence-corrected chi connectivity index (χ3v) is 4.86. The fourth-order valence-corrected chi connectivity index (χ4v) is 2.17. The summed E-state index contributed by atoms with van der Waals surface area (Å²) in [5.41, 5.74) is -0.713. The minimum absolute atomic E-state index is 0.568. The van der Waals surface area contributed by atoms with Crippen molar-refractivity contribution in [3.8, 4) is 0 Å². The van der Waals surface area contributed by atoms with Gasteiger partial charge in [-0.25, -0.2) is 0 Å². The van der Waals surface area contributed by atoms with E-state index in [-0.39, 0.29) is 0 Å². The molecule has 3 N–H and O–H groups in total. The van der Waals surface area contributed by atoms with Crippen LogP contribution in [0.4, 0.5) is 0 Å². The maximum Gasteiger partial charge on any atom is 0.0866 e. The molecule has 0 radical (unpaired) electrons. The Kier molecular flexibility index (Phi) is 5.25. The molecule has 0 spiro atoms. The number of aliphatic hydroxyl groups is 3. The third-order valence-electron chi connectivity index (χ3n) is 4.86. The molecule has 21 heavy (non-hydrogen) atoms. The molecule has 0 aliphatic rings. The summed E-state index contributed by atoms with van der Waals surface area (Å²) in [6.07, 6.45) is 1.70. The predicted molar refractivity (Wildman–Crippen MR) is 86.0 cm³/mol. The molecule has 1 aromatic carbocycles. The highest BCUT2D eigenvalue weighted by atomic mass is 16.3. The second-order valence-corrected chi connectivity index (χ2v) is 6.68. The minimum atomic E-state index is -0.974. The maximum absolute atomic E-state index is 10.6. The van der Waals surface area contributed by atoms with E-state index in [4.69, 9.17) is 0 Å². The smallest absolute Gasteiger partial charge is 0.0866 e. The molecule has 1 aromatic rings. The monoisotopic (exact) mass is 294 g/mol. The minimum Gasteiger partial charge on any atom is -0.385 e. The predicted octanol–water partition coefficient (Wildman–Crippen LogP) is 3.54. The van der Waals surface area contributed by atoms with Gasteiger partial charge in [0.2, 0.25) is 0 Å². The first kappa shape index (κ1) is 18.1. The van der Waals surface area contributed by atoms with Gasteiger partial charge in [0.1, 0.15) is 0 Å². The molecular formula is C18H30O3. The average molecular weight is 294 g/mol. The van der Waals surface area contributed by atoms with Crippen molar-refractivity contribution in [1.82, 2.24) is 0 Å². The molecule has 0 aliphatic carbocycles. The molecule has 0 heterocycles. The van der Waals surface area contributed by atoms with Crippen LogP contribution in [0, 0.1) is 0 Å². The molecule has 0 amide bonds. The zero-order chi connectivity index (χ0) is 16.5. The molecule has 3 heteroatoms. The van der Waals surface area contributed by atoms with Gasteiger partial charge in [0.05, 0.1) is 16.8 Å². The number of hydrogen-bond donors (Lipinski definition) is 3. The summed E-state index contributed by atoms with van der Waals surface area (Å²) in [7, 11) is 0. The summed E-state index contributed by atoms with van der Waals surface area (Å²) < 4.78 is 0. The number of benzene rings is 1. The standard InChI is InChI=1S/C18H30O3/c1-7-16(4,19)13-10-14(17(5,20)8-2)12-15(11-13)18(6,21)9-3/h10-12,19-21H,7-9H2,1-6H3. The Bertz CT molecular complexity index is 403. The average Bonchev–Trinajstić information content (AvgIpc) is 2.46. The highest BCUT2D eigenvalue weighted by molar-refractivity contribution is 5.38. The van der Waals surface area contributed by atoms with Crippen molar-refractivity contribution in [3.05, 3.63) is 34.9 Å². The molecule has 0 aromatic heterocycles. The van der Waals surface area contributed by atoms with Crippen molar-refractivity contribution >= 4 is 0 Å². The first-order chi connectivity index (χ1) is 9.50. The summed E-state index contributed by atoms with van der Waals surface area (Å²) in [6.45, 7) is 11.0. The second kappa shape index (κ2) is 6.07. The SMILES string of the molecule is CCC(C)(O)c1cc(C(C)(O)CC)cc(C(C)(O)CC)c1. The number of hydrogen-bond acceptors (Lipinski definition) is 3. The van der Waals surface area contributed by atoms with Crippen molar-refractivity contribution in [1.29, 1.82) is 0 Å². The van der Waals surface area contributed by atoms with E-state index in [0.717, 1.165) is 16.7 Å². The molecule has 0 saturated heterocycles. The lowest BCUT2D eigenvalue weighted by Gasteiger charge is -2.31. The zero-order valence-corrected chi connectivity index (χ0v) is 14.2. The lowest BCUT2D eigenvalue weighted by atomic mass is 9.81. The van der Waals surface area contributed by atoms with Gasteiger partial charge in [-0.05, 0) is 56.7 Å². The van der Waals surface area contributed by atoms with Crippen LogP contribution in [0.1, 0.15) is 77.5 Å². The first-order valence-corrected chi connectivity index (χ1v) is 7.83. The molecule has 0 fully saturated rings. The normalized spacial score (nSPS) is 20.4. The van der Waals surface area contributed by atoms with Crippen LogP contribution in [-0.4, -0.2) is 15.3 Å². The van der Waals surface area contributed by atoms with Gasteiger partial charge in [-0.1, -0.05) is 39.0 Å². The quantitative estimate of drug-likeness (QED) is 0.752. The van der Waals surface area contributed by atoms with E-state index < -0.39 is 16.8 Å². The van der Waals surface area contributed by atoms with E-state index in [1.807, 2.05) is 39.0 Å². The van der Waals surface area contributed by atoms with Crippen molar-refractivity contribution in [2.45, 2.75) is 77.6 Å². The van der Waals surface area contributed by atoms with Crippen molar-refractivity contribution < 1.29 is 15.3 Å². The van der Waals surface area contributed by atoms with Crippen molar-refractivity contribution in [2.75, 3.05) is 0 Å². The van der Waals surface area contributed by atoms with Gasteiger partial charge in [0.15, 0.2) is 0 Å². The van der Waals surface area contributed by atoms with E-state index in [1.54, 1.807) is 20.8 Å². The summed E-state index contributed by atoms with van der Waals surface area (Å²) in [5, 5.41) is 31.7. The second-order valence-electron chi connectivity index (χ2n) is 6.68. The Hall–Kier alpha value is -0.900. The van der Waals surface area contributed by atoms with Crippen LogP contribution >= 0.6 is 0 Å². The molecule has 3 atom stereocenters. The summed E-state index contributed by atoms with van der Waals surface area (Å²) >= 11 is 0. The molecule has 0 saturated carbocycles. The molecule has 3 nitrogen and oxygen atoms in total. The van der Waals surface area contributed by atoms with Crippen LogP contribution in [0.25, 0.3) is 0 Å². The Morgan fingerprint density at radius 3 is 0.952 bits per heavy atom. The summed E-state index contributed by atoms with van der Waals surface area (Å²) in [5.74, 6) is 0. The fourth-order valence-electron chi connectivity index (χ4n) is 2.17. The van der Waals surface area contributed by atoms with Crippen LogP contribution < -0.4 is 0 Å². The lowest BCUT2D eigenvalue weighted by molar-refractivity contribution is 0.0396. The van der Waals surface area contributed by atoms with Gasteiger partial charge >= 0.3 is 0 Å². The molecule has 120 valence electrons. The van der Waals surface area contributed by atoms with E-state index in [9.17, 15) is 15.3 Å². The Morgan fingerprint density at radius 1 is 0.619 bits per heavy atom. The topological polar surface area (TPSA) is 60.7 Å². The molecule has 3 unspecified atom stereocenters. The van der Waals surface area contributed by atoms with Crippen LogP contribution in [0.15, 0.2) is 18.2 Å². The van der Waals surface area contributed by atoms with E-state index >= 15 is 0 Å². The van der Waals surface area contributed by atoms with Gasteiger partial charge in [-0.2, -0.15) is 0 Å². The lowest BCUT2D eigenvalue weighted by Crippen LogP contribution is -2.27. The summed E-state index contributed by atoms with van der Waals surface area (Å²) in [4.78, 5) is 0. The Morgan fingerprint density at radius 2 is 0.810 bits per heavy atom. The highest BCUT2D eigenvalue weighted by Gasteiger charge is 2.30. The van der Waals surface area contributed by atoms with Crippen LogP contribution in [0.5, 0.6) is 0 Å². The van der Waals surface area contributed by atoms with Crippen LogP contribution in [0.2, 0.25) is 0 Å². The van der Waals surface area contributed by atoms with Gasteiger partial charge in [0, 0.05) is 0 Å². The maximum atomic E-state index is 10.6. The molecule has 0 bridgehead atoms.